The maximum atomic E-state index is 14.0. The molecule has 0 unspecified atom stereocenters. The number of rotatable bonds is 4. The van der Waals surface area contributed by atoms with Crippen LogP contribution in [0.2, 0.25) is 0 Å². The van der Waals surface area contributed by atoms with E-state index in [1.54, 1.807) is 13.0 Å². The smallest absolute Gasteiger partial charge is 0.246 e. The van der Waals surface area contributed by atoms with Crippen LogP contribution >= 0.6 is 0 Å². The lowest BCUT2D eigenvalue weighted by Crippen LogP contribution is -2.37. The molecule has 2 aliphatic carbocycles. The van der Waals surface area contributed by atoms with E-state index in [0.29, 0.717) is 12.1 Å². The number of halogens is 2. The summed E-state index contributed by atoms with van der Waals surface area (Å²) in [6.45, 7) is 1.61. The minimum Gasteiger partial charge on any atom is -0.367 e. The molecule has 4 rings (SSSR count). The molecule has 1 aromatic carbocycles. The monoisotopic (exact) mass is 345 g/mol. The fraction of sp³-hybridized carbons (Fsp3) is 0.389. The van der Waals surface area contributed by atoms with E-state index in [4.69, 9.17) is 10.5 Å². The molecule has 1 saturated carbocycles. The highest BCUT2D eigenvalue weighted by molar-refractivity contribution is 5.78. The zero-order chi connectivity index (χ0) is 17.8. The van der Waals surface area contributed by atoms with E-state index in [9.17, 15) is 13.6 Å². The van der Waals surface area contributed by atoms with Crippen molar-refractivity contribution in [1.29, 1.82) is 0 Å². The Morgan fingerprint density at radius 2 is 2.08 bits per heavy atom. The molecule has 5 nitrogen and oxygen atoms in total. The number of carbonyl (C=O) groups is 1. The molecule has 1 heterocycles. The van der Waals surface area contributed by atoms with Gasteiger partial charge in [-0.1, -0.05) is 6.07 Å². The summed E-state index contributed by atoms with van der Waals surface area (Å²) in [5, 5.41) is 8.26. The largest absolute Gasteiger partial charge is 0.367 e. The van der Waals surface area contributed by atoms with Gasteiger partial charge in [-0.15, -0.1) is 5.10 Å². The minimum atomic E-state index is -0.741. The van der Waals surface area contributed by atoms with E-state index in [2.05, 4.69) is 10.2 Å². The van der Waals surface area contributed by atoms with Gasteiger partial charge in [0, 0.05) is 0 Å². The van der Waals surface area contributed by atoms with Gasteiger partial charge >= 0.3 is 0 Å². The molecule has 1 fully saturated rings. The quantitative estimate of drug-likeness (QED) is 0.924. The van der Waals surface area contributed by atoms with Crippen LogP contribution < -0.4 is 5.73 Å². The van der Waals surface area contributed by atoms with Gasteiger partial charge in [0.2, 0.25) is 5.91 Å². The third-order valence-corrected chi connectivity index (χ3v) is 5.19. The summed E-state index contributed by atoms with van der Waals surface area (Å²) in [6.07, 6.45) is 1.53. The fourth-order valence-electron chi connectivity index (χ4n) is 3.99. The number of aromatic nitrogens is 2. The second kappa shape index (κ2) is 5.56. The van der Waals surface area contributed by atoms with Gasteiger partial charge in [0.05, 0.1) is 17.0 Å². The lowest BCUT2D eigenvalue weighted by Gasteiger charge is -2.30. The third kappa shape index (κ3) is 2.41. The molecule has 3 atom stereocenters. The van der Waals surface area contributed by atoms with Crippen molar-refractivity contribution in [3.8, 4) is 11.3 Å². The minimum absolute atomic E-state index is 0.167. The SMILES string of the molecule is C[C@@H](O[C@]12CC[C@H](C1)c1cc(-c3c(F)cccc3F)nnc12)C(N)=O. The molecule has 0 saturated heterocycles. The third-order valence-electron chi connectivity index (χ3n) is 5.19. The van der Waals surface area contributed by atoms with Crippen molar-refractivity contribution in [3.05, 3.63) is 47.2 Å². The molecule has 2 aliphatic rings. The second-order valence-corrected chi connectivity index (χ2v) is 6.73. The van der Waals surface area contributed by atoms with Crippen molar-refractivity contribution in [3.63, 3.8) is 0 Å². The summed E-state index contributed by atoms with van der Waals surface area (Å²) >= 11 is 0. The normalized spacial score (nSPS) is 25.0. The van der Waals surface area contributed by atoms with Crippen molar-refractivity contribution < 1.29 is 18.3 Å². The van der Waals surface area contributed by atoms with Crippen molar-refractivity contribution in [1.82, 2.24) is 10.2 Å². The number of nitrogens with zero attached hydrogens (tertiary/aromatic N) is 2. The number of ether oxygens (including phenoxy) is 1. The summed E-state index contributed by atoms with van der Waals surface area (Å²) < 4.78 is 34.0. The first-order valence-corrected chi connectivity index (χ1v) is 8.21. The Hall–Kier alpha value is -2.41. The van der Waals surface area contributed by atoms with Crippen LogP contribution in [0.4, 0.5) is 8.78 Å². The molecule has 0 aliphatic heterocycles. The summed E-state index contributed by atoms with van der Waals surface area (Å²) in [5.74, 6) is -1.71. The summed E-state index contributed by atoms with van der Waals surface area (Å²) in [4.78, 5) is 11.4. The Morgan fingerprint density at radius 1 is 1.36 bits per heavy atom. The first kappa shape index (κ1) is 16.1. The predicted molar refractivity (Wildman–Crippen MR) is 85.4 cm³/mol. The van der Waals surface area contributed by atoms with Crippen molar-refractivity contribution in [2.45, 2.75) is 43.8 Å². The van der Waals surface area contributed by atoms with Gasteiger partial charge in [-0.25, -0.2) is 8.78 Å². The Labute approximate surface area is 143 Å². The van der Waals surface area contributed by atoms with Crippen LogP contribution in [-0.2, 0) is 15.1 Å². The zero-order valence-corrected chi connectivity index (χ0v) is 13.6. The van der Waals surface area contributed by atoms with Gasteiger partial charge in [0.1, 0.15) is 23.3 Å². The standard InChI is InChI=1S/C18H17F2N3O2/c1-9(17(21)24)25-18-6-5-10(8-18)11-7-14(22-23-16(11)18)15-12(19)3-2-4-13(15)20/h2-4,7,9-10H,5-6,8H2,1H3,(H2,21,24)/t9-,10-,18-/m1/s1. The zero-order valence-electron chi connectivity index (χ0n) is 13.6. The average molecular weight is 345 g/mol. The van der Waals surface area contributed by atoms with Crippen molar-refractivity contribution in [2.75, 3.05) is 0 Å². The van der Waals surface area contributed by atoms with Gasteiger partial charge in [0.15, 0.2) is 0 Å². The number of hydrogen-bond acceptors (Lipinski definition) is 4. The first-order valence-electron chi connectivity index (χ1n) is 8.21. The summed E-state index contributed by atoms with van der Waals surface area (Å²) in [6, 6.07) is 5.38. The number of carbonyl (C=O) groups excluding carboxylic acids is 1. The number of primary amides is 1. The number of amides is 1. The van der Waals surface area contributed by atoms with Crippen LogP contribution in [-0.4, -0.2) is 22.2 Å². The van der Waals surface area contributed by atoms with E-state index >= 15 is 0 Å². The molecular weight excluding hydrogens is 328 g/mol. The number of hydrogen-bond donors (Lipinski definition) is 1. The predicted octanol–water partition coefficient (Wildman–Crippen LogP) is 2.79. The maximum absolute atomic E-state index is 14.0. The highest BCUT2D eigenvalue weighted by Crippen LogP contribution is 2.57. The summed E-state index contributed by atoms with van der Waals surface area (Å²) in [7, 11) is 0. The molecule has 0 radical (unpaired) electrons. The van der Waals surface area contributed by atoms with Crippen LogP contribution in [0.15, 0.2) is 24.3 Å². The van der Waals surface area contributed by atoms with Crippen LogP contribution in [0.25, 0.3) is 11.3 Å². The number of fused-ring (bicyclic) bond motifs is 5. The van der Waals surface area contributed by atoms with Gasteiger partial charge < -0.3 is 10.5 Å². The van der Waals surface area contributed by atoms with Gasteiger partial charge in [-0.3, -0.25) is 4.79 Å². The number of benzene rings is 1. The lowest BCUT2D eigenvalue weighted by molar-refractivity contribution is -0.143. The first-order chi connectivity index (χ1) is 11.9. The second-order valence-electron chi connectivity index (χ2n) is 6.73. The van der Waals surface area contributed by atoms with Crippen LogP contribution in [0.1, 0.15) is 43.4 Å². The molecule has 130 valence electrons. The molecule has 1 aromatic heterocycles. The molecule has 25 heavy (non-hydrogen) atoms. The Morgan fingerprint density at radius 3 is 2.76 bits per heavy atom. The van der Waals surface area contributed by atoms with Crippen LogP contribution in [0.5, 0.6) is 0 Å². The van der Waals surface area contributed by atoms with E-state index in [-0.39, 0.29) is 17.2 Å². The average Bonchev–Trinajstić information content (AvgIpc) is 3.11. The van der Waals surface area contributed by atoms with E-state index in [1.807, 2.05) is 0 Å². The highest BCUT2D eigenvalue weighted by atomic mass is 19.1. The van der Waals surface area contributed by atoms with E-state index < -0.39 is 29.2 Å². The molecule has 0 spiro atoms. The maximum Gasteiger partial charge on any atom is 0.246 e. The van der Waals surface area contributed by atoms with Crippen LogP contribution in [0.3, 0.4) is 0 Å². The Bertz CT molecular complexity index is 853. The van der Waals surface area contributed by atoms with Crippen molar-refractivity contribution in [2.24, 2.45) is 5.73 Å². The van der Waals surface area contributed by atoms with Crippen molar-refractivity contribution >= 4 is 5.91 Å². The highest BCUT2D eigenvalue weighted by Gasteiger charge is 2.53. The fourth-order valence-corrected chi connectivity index (χ4v) is 3.99. The molecule has 2 N–H and O–H groups in total. The van der Waals surface area contributed by atoms with E-state index in [1.165, 1.54) is 18.2 Å². The van der Waals surface area contributed by atoms with Gasteiger partial charge in [0.25, 0.3) is 0 Å². The Balaban J connectivity index is 1.76. The van der Waals surface area contributed by atoms with Gasteiger partial charge in [-0.05, 0) is 55.9 Å². The molecule has 7 heteroatoms. The molecule has 2 aromatic rings. The molecule has 2 bridgehead atoms. The topological polar surface area (TPSA) is 78.1 Å². The van der Waals surface area contributed by atoms with E-state index in [0.717, 1.165) is 18.4 Å². The summed E-state index contributed by atoms with van der Waals surface area (Å²) in [5.41, 5.74) is 6.15. The molecular formula is C18H17F2N3O2. The lowest BCUT2D eigenvalue weighted by atomic mass is 9.92. The van der Waals surface area contributed by atoms with Gasteiger partial charge in [-0.2, -0.15) is 5.10 Å². The number of nitrogens with two attached hydrogens (primary N) is 1. The van der Waals surface area contributed by atoms with Crippen LogP contribution in [0, 0.1) is 11.6 Å². The molecule has 1 amide bonds. The Kier molecular flexibility index (Phi) is 3.57.